The summed E-state index contributed by atoms with van der Waals surface area (Å²) in [5.74, 6) is -0.473. The third-order valence-corrected chi connectivity index (χ3v) is 4.06. The number of para-hydroxylation sites is 1. The fraction of sp³-hybridized carbons (Fsp3) is 0.263. The molecule has 0 bridgehead atoms. The normalized spacial score (nSPS) is 11.5. The monoisotopic (exact) mass is 395 g/mol. The molecule has 2 aromatic rings. The molecule has 5 nitrogen and oxygen atoms in total. The highest BCUT2D eigenvalue weighted by Crippen LogP contribution is 2.30. The van der Waals surface area contributed by atoms with Crippen molar-refractivity contribution in [2.75, 3.05) is 11.9 Å². The van der Waals surface area contributed by atoms with Crippen LogP contribution in [0.4, 0.5) is 5.69 Å². The van der Waals surface area contributed by atoms with Crippen LogP contribution in [0.5, 0.6) is 5.75 Å². The lowest BCUT2D eigenvalue weighted by atomic mass is 10.2. The van der Waals surface area contributed by atoms with Crippen molar-refractivity contribution >= 4 is 40.8 Å². The molecule has 0 aromatic heterocycles. The Bertz CT molecular complexity index is 757. The first-order chi connectivity index (χ1) is 12.4. The number of anilines is 1. The first kappa shape index (κ1) is 20.1. The van der Waals surface area contributed by atoms with E-state index in [2.05, 4.69) is 5.32 Å². The van der Waals surface area contributed by atoms with Gasteiger partial charge in [0, 0.05) is 0 Å². The van der Waals surface area contributed by atoms with E-state index in [1.807, 2.05) is 6.92 Å². The van der Waals surface area contributed by atoms with Crippen LogP contribution in [0.15, 0.2) is 42.5 Å². The van der Waals surface area contributed by atoms with Crippen LogP contribution in [0.3, 0.4) is 0 Å². The molecule has 1 amide bonds. The standard InChI is InChI=1S/C19H19Cl2NO4/c1-3-11-25-14-9-7-13(8-10-14)19(24)26-12(2)18(23)22-17-15(20)5-4-6-16(17)21/h4-10,12H,3,11H2,1-2H3,(H,22,23)/t12-/m0/s1. The summed E-state index contributed by atoms with van der Waals surface area (Å²) in [5, 5.41) is 3.16. The molecule has 0 saturated carbocycles. The molecule has 7 heteroatoms. The zero-order valence-corrected chi connectivity index (χ0v) is 15.9. The van der Waals surface area contributed by atoms with Gasteiger partial charge >= 0.3 is 5.97 Å². The third kappa shape index (κ3) is 5.38. The second kappa shape index (κ2) is 9.46. The predicted molar refractivity (Wildman–Crippen MR) is 102 cm³/mol. The molecular formula is C19H19Cl2NO4. The second-order valence-corrected chi connectivity index (χ2v) is 6.32. The molecule has 138 valence electrons. The molecule has 1 N–H and O–H groups in total. The Morgan fingerprint density at radius 2 is 1.69 bits per heavy atom. The van der Waals surface area contributed by atoms with Crippen molar-refractivity contribution in [1.29, 1.82) is 0 Å². The Hall–Kier alpha value is -2.24. The van der Waals surface area contributed by atoms with Crippen molar-refractivity contribution in [3.63, 3.8) is 0 Å². The Morgan fingerprint density at radius 1 is 1.08 bits per heavy atom. The largest absolute Gasteiger partial charge is 0.494 e. The first-order valence-corrected chi connectivity index (χ1v) is 8.86. The van der Waals surface area contributed by atoms with Gasteiger partial charge in [-0.2, -0.15) is 0 Å². The summed E-state index contributed by atoms with van der Waals surface area (Å²) < 4.78 is 10.6. The third-order valence-electron chi connectivity index (χ3n) is 3.43. The van der Waals surface area contributed by atoms with Gasteiger partial charge in [-0.3, -0.25) is 4.79 Å². The smallest absolute Gasteiger partial charge is 0.338 e. The van der Waals surface area contributed by atoms with Gasteiger partial charge in [0.2, 0.25) is 0 Å². The summed E-state index contributed by atoms with van der Waals surface area (Å²) in [6, 6.07) is 11.4. The molecule has 0 spiro atoms. The molecule has 0 saturated heterocycles. The fourth-order valence-corrected chi connectivity index (χ4v) is 2.52. The SMILES string of the molecule is CCCOc1ccc(C(=O)O[C@@H](C)C(=O)Nc2c(Cl)cccc2Cl)cc1. The van der Waals surface area contributed by atoms with E-state index in [0.717, 1.165) is 6.42 Å². The molecule has 0 aliphatic carbocycles. The Morgan fingerprint density at radius 3 is 2.27 bits per heavy atom. The molecule has 0 unspecified atom stereocenters. The Labute approximate surface area is 162 Å². The lowest BCUT2D eigenvalue weighted by molar-refractivity contribution is -0.123. The molecule has 0 heterocycles. The number of hydrogen-bond acceptors (Lipinski definition) is 4. The van der Waals surface area contributed by atoms with E-state index < -0.39 is 18.0 Å². The number of esters is 1. The first-order valence-electron chi connectivity index (χ1n) is 8.11. The minimum atomic E-state index is -1.02. The molecule has 0 aliphatic rings. The zero-order chi connectivity index (χ0) is 19.1. The number of halogens is 2. The average Bonchev–Trinajstić information content (AvgIpc) is 2.63. The van der Waals surface area contributed by atoms with Gasteiger partial charge in [-0.25, -0.2) is 4.79 Å². The van der Waals surface area contributed by atoms with Crippen LogP contribution in [0.2, 0.25) is 10.0 Å². The summed E-state index contributed by atoms with van der Waals surface area (Å²) in [5.41, 5.74) is 0.602. The van der Waals surface area contributed by atoms with Crippen molar-refractivity contribution in [2.24, 2.45) is 0 Å². The number of carbonyl (C=O) groups is 2. The second-order valence-electron chi connectivity index (χ2n) is 5.51. The summed E-state index contributed by atoms with van der Waals surface area (Å²) >= 11 is 12.0. The summed E-state index contributed by atoms with van der Waals surface area (Å²) in [4.78, 5) is 24.4. The maximum atomic E-state index is 12.2. The van der Waals surface area contributed by atoms with Crippen LogP contribution in [-0.2, 0) is 9.53 Å². The van der Waals surface area contributed by atoms with E-state index in [1.54, 1.807) is 42.5 Å². The highest BCUT2D eigenvalue weighted by Gasteiger charge is 2.20. The number of rotatable bonds is 7. The minimum absolute atomic E-state index is 0.279. The highest BCUT2D eigenvalue weighted by molar-refractivity contribution is 6.39. The zero-order valence-electron chi connectivity index (χ0n) is 14.4. The highest BCUT2D eigenvalue weighted by atomic mass is 35.5. The Kier molecular flexibility index (Phi) is 7.30. The molecule has 26 heavy (non-hydrogen) atoms. The summed E-state index contributed by atoms with van der Waals surface area (Å²) in [7, 11) is 0. The maximum Gasteiger partial charge on any atom is 0.338 e. The van der Waals surface area contributed by atoms with Gasteiger partial charge in [-0.05, 0) is 49.7 Å². The number of benzene rings is 2. The number of hydrogen-bond donors (Lipinski definition) is 1. The van der Waals surface area contributed by atoms with Gasteiger partial charge < -0.3 is 14.8 Å². The van der Waals surface area contributed by atoms with Crippen LogP contribution in [-0.4, -0.2) is 24.6 Å². The number of nitrogens with one attached hydrogen (secondary N) is 1. The van der Waals surface area contributed by atoms with Gasteiger partial charge in [0.05, 0.1) is 27.9 Å². The number of ether oxygens (including phenoxy) is 2. The molecular weight excluding hydrogens is 377 g/mol. The van der Waals surface area contributed by atoms with E-state index in [4.69, 9.17) is 32.7 Å². The van der Waals surface area contributed by atoms with Crippen LogP contribution in [0.25, 0.3) is 0 Å². The Balaban J connectivity index is 1.96. The van der Waals surface area contributed by atoms with Gasteiger partial charge in [-0.15, -0.1) is 0 Å². The van der Waals surface area contributed by atoms with Crippen molar-refractivity contribution in [3.05, 3.63) is 58.1 Å². The summed E-state index contributed by atoms with van der Waals surface area (Å²) in [6.45, 7) is 4.08. The fourth-order valence-electron chi connectivity index (χ4n) is 2.03. The molecule has 0 aliphatic heterocycles. The lowest BCUT2D eigenvalue weighted by Crippen LogP contribution is -2.30. The van der Waals surface area contributed by atoms with Gasteiger partial charge in [0.15, 0.2) is 6.10 Å². The molecule has 2 aromatic carbocycles. The van der Waals surface area contributed by atoms with E-state index in [1.165, 1.54) is 6.92 Å². The van der Waals surface area contributed by atoms with Crippen molar-refractivity contribution in [3.8, 4) is 5.75 Å². The van der Waals surface area contributed by atoms with E-state index in [0.29, 0.717) is 28.0 Å². The van der Waals surface area contributed by atoms with Gasteiger partial charge in [0.1, 0.15) is 5.75 Å². The average molecular weight is 396 g/mol. The van der Waals surface area contributed by atoms with Crippen molar-refractivity contribution in [1.82, 2.24) is 0 Å². The van der Waals surface area contributed by atoms with E-state index in [9.17, 15) is 9.59 Å². The number of carbonyl (C=O) groups excluding carboxylic acids is 2. The topological polar surface area (TPSA) is 64.6 Å². The van der Waals surface area contributed by atoms with Gasteiger partial charge in [0.25, 0.3) is 5.91 Å². The van der Waals surface area contributed by atoms with Gasteiger partial charge in [-0.1, -0.05) is 36.2 Å². The summed E-state index contributed by atoms with van der Waals surface area (Å²) in [6.07, 6.45) is -0.128. The predicted octanol–water partition coefficient (Wildman–Crippen LogP) is 4.97. The quantitative estimate of drug-likeness (QED) is 0.672. The van der Waals surface area contributed by atoms with Crippen LogP contribution < -0.4 is 10.1 Å². The molecule has 1 atom stereocenters. The number of amides is 1. The lowest BCUT2D eigenvalue weighted by Gasteiger charge is -2.15. The molecule has 0 radical (unpaired) electrons. The van der Waals surface area contributed by atoms with E-state index >= 15 is 0 Å². The maximum absolute atomic E-state index is 12.2. The molecule has 0 fully saturated rings. The van der Waals surface area contributed by atoms with Crippen molar-refractivity contribution < 1.29 is 19.1 Å². The van der Waals surface area contributed by atoms with Crippen LogP contribution >= 0.6 is 23.2 Å². The van der Waals surface area contributed by atoms with E-state index in [-0.39, 0.29) is 5.69 Å². The minimum Gasteiger partial charge on any atom is -0.494 e. The molecule has 2 rings (SSSR count). The van der Waals surface area contributed by atoms with Crippen molar-refractivity contribution in [2.45, 2.75) is 26.4 Å². The van der Waals surface area contributed by atoms with Crippen LogP contribution in [0, 0.1) is 0 Å². The van der Waals surface area contributed by atoms with Crippen LogP contribution in [0.1, 0.15) is 30.6 Å².